The molecule has 1 saturated heterocycles. The second kappa shape index (κ2) is 3.39. The molecule has 0 bridgehead atoms. The fourth-order valence-electron chi connectivity index (χ4n) is 1.54. The number of aryl methyl sites for hydroxylation is 1. The van der Waals surface area contributed by atoms with Crippen LogP contribution >= 0.6 is 0 Å². The van der Waals surface area contributed by atoms with E-state index in [1.807, 2.05) is 0 Å². The number of aromatic nitrogens is 4. The van der Waals surface area contributed by atoms with Crippen molar-refractivity contribution in [2.75, 3.05) is 13.1 Å². The zero-order valence-electron chi connectivity index (χ0n) is 7.59. The lowest BCUT2D eigenvalue weighted by atomic mass is 10.3. The number of aliphatic hydroxyl groups is 1. The molecule has 6 nitrogen and oxygen atoms in total. The minimum atomic E-state index is -0.184. The molecule has 0 amide bonds. The van der Waals surface area contributed by atoms with Crippen molar-refractivity contribution in [1.82, 2.24) is 25.1 Å². The highest BCUT2D eigenvalue weighted by atomic mass is 16.3. The predicted molar refractivity (Wildman–Crippen MR) is 44.7 cm³/mol. The summed E-state index contributed by atoms with van der Waals surface area (Å²) in [5.74, 6) is 0.719. The fraction of sp³-hybridized carbons (Fsp3) is 0.857. The van der Waals surface area contributed by atoms with Crippen molar-refractivity contribution < 1.29 is 5.11 Å². The molecule has 0 aromatic carbocycles. The molecule has 0 saturated carbocycles. The minimum absolute atomic E-state index is 0.184. The summed E-state index contributed by atoms with van der Waals surface area (Å²) in [6.07, 6.45) is 0.664. The van der Waals surface area contributed by atoms with Gasteiger partial charge in [0.1, 0.15) is 0 Å². The van der Waals surface area contributed by atoms with E-state index in [1.165, 1.54) is 4.80 Å². The van der Waals surface area contributed by atoms with Gasteiger partial charge in [-0.15, -0.1) is 10.2 Å². The fourth-order valence-corrected chi connectivity index (χ4v) is 1.54. The van der Waals surface area contributed by atoms with Crippen LogP contribution < -0.4 is 0 Å². The van der Waals surface area contributed by atoms with Crippen LogP contribution in [0.3, 0.4) is 0 Å². The van der Waals surface area contributed by atoms with E-state index in [0.717, 1.165) is 25.3 Å². The van der Waals surface area contributed by atoms with Crippen molar-refractivity contribution in [2.45, 2.75) is 19.1 Å². The van der Waals surface area contributed by atoms with Gasteiger partial charge in [-0.3, -0.25) is 4.90 Å². The van der Waals surface area contributed by atoms with Gasteiger partial charge >= 0.3 is 0 Å². The molecule has 1 N–H and O–H groups in total. The SMILES string of the molecule is Cn1nnc(CN2CC[C@H](O)C2)n1. The van der Waals surface area contributed by atoms with Crippen LogP contribution in [0.4, 0.5) is 0 Å². The maximum atomic E-state index is 9.28. The topological polar surface area (TPSA) is 67.1 Å². The predicted octanol–water partition coefficient (Wildman–Crippen LogP) is -1.22. The van der Waals surface area contributed by atoms with Crippen molar-refractivity contribution in [3.8, 4) is 0 Å². The maximum absolute atomic E-state index is 9.28. The molecule has 1 aromatic heterocycles. The Morgan fingerprint density at radius 3 is 3.00 bits per heavy atom. The van der Waals surface area contributed by atoms with Crippen LogP contribution in [0, 0.1) is 0 Å². The van der Waals surface area contributed by atoms with Crippen LogP contribution in [-0.2, 0) is 13.6 Å². The van der Waals surface area contributed by atoms with E-state index in [0.29, 0.717) is 6.54 Å². The molecule has 1 atom stereocenters. The van der Waals surface area contributed by atoms with E-state index in [9.17, 15) is 5.11 Å². The number of aliphatic hydroxyl groups excluding tert-OH is 1. The van der Waals surface area contributed by atoms with Crippen molar-refractivity contribution in [3.63, 3.8) is 0 Å². The quantitative estimate of drug-likeness (QED) is 0.622. The lowest BCUT2D eigenvalue weighted by molar-refractivity contribution is 0.174. The summed E-state index contributed by atoms with van der Waals surface area (Å²) < 4.78 is 0. The van der Waals surface area contributed by atoms with Gasteiger partial charge in [-0.05, 0) is 11.6 Å². The number of β-amino-alcohol motifs (C(OH)–C–C–N with tert-alkyl or cyclic N) is 1. The second-order valence-electron chi connectivity index (χ2n) is 3.37. The molecule has 1 aliphatic rings. The van der Waals surface area contributed by atoms with Gasteiger partial charge in [0, 0.05) is 13.1 Å². The zero-order valence-corrected chi connectivity index (χ0v) is 7.59. The summed E-state index contributed by atoms with van der Waals surface area (Å²) in [7, 11) is 1.75. The van der Waals surface area contributed by atoms with Crippen molar-refractivity contribution in [1.29, 1.82) is 0 Å². The Hall–Kier alpha value is -1.01. The average molecular weight is 183 g/mol. The van der Waals surface area contributed by atoms with E-state index in [2.05, 4.69) is 20.3 Å². The molecule has 0 aliphatic carbocycles. The summed E-state index contributed by atoms with van der Waals surface area (Å²) in [6, 6.07) is 0. The van der Waals surface area contributed by atoms with Crippen LogP contribution in [0.15, 0.2) is 0 Å². The number of hydrogen-bond donors (Lipinski definition) is 1. The monoisotopic (exact) mass is 183 g/mol. The molecule has 1 fully saturated rings. The zero-order chi connectivity index (χ0) is 9.26. The lowest BCUT2D eigenvalue weighted by Gasteiger charge is -2.10. The van der Waals surface area contributed by atoms with Gasteiger partial charge in [-0.2, -0.15) is 4.80 Å². The summed E-state index contributed by atoms with van der Waals surface area (Å²) in [5, 5.41) is 21.0. The first-order valence-electron chi connectivity index (χ1n) is 4.37. The second-order valence-corrected chi connectivity index (χ2v) is 3.37. The first-order valence-corrected chi connectivity index (χ1v) is 4.37. The highest BCUT2D eigenvalue weighted by Gasteiger charge is 2.21. The normalized spacial score (nSPS) is 24.0. The Labute approximate surface area is 76.2 Å². The number of rotatable bonds is 2. The molecule has 0 radical (unpaired) electrons. The van der Waals surface area contributed by atoms with E-state index in [1.54, 1.807) is 7.05 Å². The summed E-state index contributed by atoms with van der Waals surface area (Å²) in [5.41, 5.74) is 0. The van der Waals surface area contributed by atoms with Gasteiger partial charge in [-0.25, -0.2) is 0 Å². The number of hydrogen-bond acceptors (Lipinski definition) is 5. The van der Waals surface area contributed by atoms with Gasteiger partial charge < -0.3 is 5.11 Å². The van der Waals surface area contributed by atoms with Crippen molar-refractivity contribution in [2.24, 2.45) is 7.05 Å². The summed E-state index contributed by atoms with van der Waals surface area (Å²) in [4.78, 5) is 3.57. The molecule has 72 valence electrons. The molecule has 13 heavy (non-hydrogen) atoms. The van der Waals surface area contributed by atoms with Gasteiger partial charge in [0.2, 0.25) is 0 Å². The first-order chi connectivity index (χ1) is 6.24. The van der Waals surface area contributed by atoms with E-state index in [-0.39, 0.29) is 6.10 Å². The highest BCUT2D eigenvalue weighted by Crippen LogP contribution is 2.10. The van der Waals surface area contributed by atoms with Crippen molar-refractivity contribution >= 4 is 0 Å². The molecule has 1 aliphatic heterocycles. The molecule has 0 spiro atoms. The Kier molecular flexibility index (Phi) is 2.24. The van der Waals surface area contributed by atoms with Gasteiger partial charge in [0.05, 0.1) is 19.7 Å². The molecular formula is C7H13N5O. The third kappa shape index (κ3) is 2.02. The summed E-state index contributed by atoms with van der Waals surface area (Å²) in [6.45, 7) is 2.32. The number of likely N-dealkylation sites (tertiary alicyclic amines) is 1. The van der Waals surface area contributed by atoms with Gasteiger partial charge in [-0.1, -0.05) is 0 Å². The first kappa shape index (κ1) is 8.58. The number of tetrazole rings is 1. The van der Waals surface area contributed by atoms with Crippen LogP contribution in [-0.4, -0.2) is 49.4 Å². The third-order valence-electron chi connectivity index (χ3n) is 2.16. The van der Waals surface area contributed by atoms with E-state index < -0.39 is 0 Å². The van der Waals surface area contributed by atoms with Gasteiger partial charge in [0.25, 0.3) is 0 Å². The van der Waals surface area contributed by atoms with E-state index >= 15 is 0 Å². The van der Waals surface area contributed by atoms with Crippen LogP contribution in [0.2, 0.25) is 0 Å². The molecule has 2 rings (SSSR count). The van der Waals surface area contributed by atoms with E-state index in [4.69, 9.17) is 0 Å². The molecule has 6 heteroatoms. The highest BCUT2D eigenvalue weighted by molar-refractivity contribution is 4.82. The Balaban J connectivity index is 1.91. The standard InChI is InChI=1S/C7H13N5O/c1-11-9-7(8-10-11)5-12-3-2-6(13)4-12/h6,13H,2-5H2,1H3/t6-/m0/s1. The summed E-state index contributed by atoms with van der Waals surface area (Å²) >= 11 is 0. The largest absolute Gasteiger partial charge is 0.392 e. The Bertz CT molecular complexity index is 286. The molecule has 2 heterocycles. The maximum Gasteiger partial charge on any atom is 0.188 e. The Morgan fingerprint density at radius 1 is 1.62 bits per heavy atom. The molecule has 0 unspecified atom stereocenters. The average Bonchev–Trinajstić information content (AvgIpc) is 2.62. The number of nitrogens with zero attached hydrogens (tertiary/aromatic N) is 5. The van der Waals surface area contributed by atoms with Crippen molar-refractivity contribution in [3.05, 3.63) is 5.82 Å². The third-order valence-corrected chi connectivity index (χ3v) is 2.16. The molecular weight excluding hydrogens is 170 g/mol. The van der Waals surface area contributed by atoms with Gasteiger partial charge in [0.15, 0.2) is 5.82 Å². The smallest absolute Gasteiger partial charge is 0.188 e. The molecule has 1 aromatic rings. The lowest BCUT2D eigenvalue weighted by Crippen LogP contribution is -2.22. The Morgan fingerprint density at radius 2 is 2.46 bits per heavy atom. The van der Waals surface area contributed by atoms with Crippen LogP contribution in [0.5, 0.6) is 0 Å². The van der Waals surface area contributed by atoms with Crippen LogP contribution in [0.1, 0.15) is 12.2 Å². The minimum Gasteiger partial charge on any atom is -0.392 e. The van der Waals surface area contributed by atoms with Crippen LogP contribution in [0.25, 0.3) is 0 Å².